The third kappa shape index (κ3) is 8.77. The van der Waals surface area contributed by atoms with Crippen molar-refractivity contribution >= 4 is 40.0 Å². The van der Waals surface area contributed by atoms with Crippen molar-refractivity contribution in [2.75, 3.05) is 39.4 Å². The van der Waals surface area contributed by atoms with Crippen LogP contribution in [0.2, 0.25) is 0 Å². The zero-order valence-corrected chi connectivity index (χ0v) is 20.7. The summed E-state index contributed by atoms with van der Waals surface area (Å²) >= 11 is 0. The van der Waals surface area contributed by atoms with Gasteiger partial charge in [-0.05, 0) is 57.2 Å². The van der Waals surface area contributed by atoms with E-state index >= 15 is 0 Å². The van der Waals surface area contributed by atoms with Gasteiger partial charge in [0.2, 0.25) is 10.0 Å². The number of ether oxygens (including phenoxy) is 1. The topological polar surface area (TPSA) is 83.0 Å². The van der Waals surface area contributed by atoms with Crippen molar-refractivity contribution in [3.8, 4) is 0 Å². The molecule has 0 spiro atoms. The summed E-state index contributed by atoms with van der Waals surface area (Å²) in [4.78, 5) is 4.95. The molecule has 7 nitrogen and oxygen atoms in total. The summed E-state index contributed by atoms with van der Waals surface area (Å²) in [5.74, 6) is 0.771. The molecule has 0 bridgehead atoms. The van der Waals surface area contributed by atoms with Crippen LogP contribution in [0.5, 0.6) is 0 Å². The molecule has 166 valence electrons. The second-order valence-electron chi connectivity index (χ2n) is 6.78. The van der Waals surface area contributed by atoms with Crippen molar-refractivity contribution in [2.24, 2.45) is 4.99 Å². The quantitative estimate of drug-likeness (QED) is 0.196. The predicted octanol–water partition coefficient (Wildman–Crippen LogP) is 2.96. The van der Waals surface area contributed by atoms with Crippen molar-refractivity contribution in [3.05, 3.63) is 29.8 Å². The summed E-state index contributed by atoms with van der Waals surface area (Å²) in [7, 11) is -3.35. The van der Waals surface area contributed by atoms with E-state index < -0.39 is 10.0 Å². The van der Waals surface area contributed by atoms with Crippen molar-refractivity contribution < 1.29 is 13.2 Å². The van der Waals surface area contributed by atoms with E-state index in [9.17, 15) is 8.42 Å². The molecule has 1 heterocycles. The minimum Gasteiger partial charge on any atom is -0.382 e. The van der Waals surface area contributed by atoms with Crippen LogP contribution in [-0.2, 0) is 21.3 Å². The number of nitrogens with zero attached hydrogens (tertiary/aromatic N) is 2. The average molecular weight is 538 g/mol. The lowest BCUT2D eigenvalue weighted by Crippen LogP contribution is -2.37. The molecule has 0 radical (unpaired) electrons. The molecule has 2 N–H and O–H groups in total. The minimum atomic E-state index is -3.35. The van der Waals surface area contributed by atoms with Gasteiger partial charge in [-0.3, -0.25) is 0 Å². The predicted molar refractivity (Wildman–Crippen MR) is 128 cm³/mol. The molecule has 9 heteroatoms. The first-order valence-corrected chi connectivity index (χ1v) is 11.7. The molecule has 0 saturated carbocycles. The maximum Gasteiger partial charge on any atom is 0.243 e. The maximum atomic E-state index is 12.6. The van der Waals surface area contributed by atoms with Crippen molar-refractivity contribution in [1.82, 2.24) is 14.9 Å². The summed E-state index contributed by atoms with van der Waals surface area (Å²) in [6.07, 6.45) is 3.93. The highest BCUT2D eigenvalue weighted by Crippen LogP contribution is 2.21. The number of guanidine groups is 1. The molecule has 0 aromatic heterocycles. The highest BCUT2D eigenvalue weighted by atomic mass is 127. The van der Waals surface area contributed by atoms with Gasteiger partial charge in [0.15, 0.2) is 5.96 Å². The number of nitrogens with one attached hydrogen (secondary N) is 2. The van der Waals surface area contributed by atoms with Gasteiger partial charge < -0.3 is 15.4 Å². The molecule has 1 fully saturated rings. The van der Waals surface area contributed by atoms with E-state index in [-0.39, 0.29) is 24.0 Å². The van der Waals surface area contributed by atoms with Crippen LogP contribution >= 0.6 is 24.0 Å². The van der Waals surface area contributed by atoms with Gasteiger partial charge in [-0.15, -0.1) is 24.0 Å². The Kier molecular flexibility index (Phi) is 12.8. The van der Waals surface area contributed by atoms with Gasteiger partial charge in [0, 0.05) is 39.4 Å². The number of rotatable bonds is 11. The average Bonchev–Trinajstić information content (AvgIpc) is 3.25. The molecule has 29 heavy (non-hydrogen) atoms. The van der Waals surface area contributed by atoms with Crippen LogP contribution in [0.15, 0.2) is 34.2 Å². The Morgan fingerprint density at radius 1 is 1.10 bits per heavy atom. The normalized spacial score (nSPS) is 15.2. The highest BCUT2D eigenvalue weighted by Gasteiger charge is 2.26. The maximum absolute atomic E-state index is 12.6. The van der Waals surface area contributed by atoms with Crippen molar-refractivity contribution in [3.63, 3.8) is 0 Å². The van der Waals surface area contributed by atoms with Crippen LogP contribution in [-0.4, -0.2) is 58.1 Å². The molecule has 1 aliphatic heterocycles. The van der Waals surface area contributed by atoms with E-state index in [2.05, 4.69) is 15.6 Å². The van der Waals surface area contributed by atoms with E-state index in [1.54, 1.807) is 16.4 Å². The summed E-state index contributed by atoms with van der Waals surface area (Å²) < 4.78 is 32.1. The van der Waals surface area contributed by atoms with Crippen molar-refractivity contribution in [2.45, 2.75) is 51.0 Å². The minimum absolute atomic E-state index is 0. The Hall–Kier alpha value is -0.910. The molecule has 0 amide bonds. The fourth-order valence-corrected chi connectivity index (χ4v) is 4.55. The van der Waals surface area contributed by atoms with E-state index in [1.807, 2.05) is 26.0 Å². The Labute approximate surface area is 192 Å². The molecule has 1 aliphatic rings. The van der Waals surface area contributed by atoms with Gasteiger partial charge >= 0.3 is 0 Å². The number of hydrogen-bond donors (Lipinski definition) is 2. The highest BCUT2D eigenvalue weighted by molar-refractivity contribution is 14.0. The van der Waals surface area contributed by atoms with Crippen LogP contribution in [0, 0.1) is 0 Å². The van der Waals surface area contributed by atoms with Gasteiger partial charge in [0.25, 0.3) is 0 Å². The molecular formula is C20H35IN4O3S. The first-order chi connectivity index (χ1) is 13.6. The van der Waals surface area contributed by atoms with Gasteiger partial charge in [-0.1, -0.05) is 12.1 Å². The molecule has 1 saturated heterocycles. The van der Waals surface area contributed by atoms with Crippen molar-refractivity contribution in [1.29, 1.82) is 0 Å². The summed E-state index contributed by atoms with van der Waals surface area (Å²) in [5.41, 5.74) is 0.980. The van der Waals surface area contributed by atoms with Crippen LogP contribution in [0.4, 0.5) is 0 Å². The number of benzene rings is 1. The zero-order valence-electron chi connectivity index (χ0n) is 17.5. The number of halogens is 1. The van der Waals surface area contributed by atoms with Crippen LogP contribution in [0.1, 0.15) is 45.1 Å². The van der Waals surface area contributed by atoms with E-state index in [4.69, 9.17) is 4.74 Å². The molecule has 0 atom stereocenters. The second-order valence-corrected chi connectivity index (χ2v) is 8.72. The summed E-state index contributed by atoms with van der Waals surface area (Å²) in [5, 5.41) is 6.55. The molecule has 0 aliphatic carbocycles. The van der Waals surface area contributed by atoms with E-state index in [0.717, 1.165) is 63.5 Å². The summed E-state index contributed by atoms with van der Waals surface area (Å²) in [6, 6.07) is 7.06. The Morgan fingerprint density at radius 2 is 1.79 bits per heavy atom. The van der Waals surface area contributed by atoms with Gasteiger partial charge in [-0.25, -0.2) is 13.4 Å². The molecular weight excluding hydrogens is 503 g/mol. The third-order valence-corrected chi connectivity index (χ3v) is 6.52. The lowest BCUT2D eigenvalue weighted by Gasteiger charge is -2.15. The molecule has 0 unspecified atom stereocenters. The molecule has 1 aromatic carbocycles. The van der Waals surface area contributed by atoms with Gasteiger partial charge in [0.05, 0.1) is 11.4 Å². The number of unbranched alkanes of at least 4 members (excludes halogenated alkanes) is 1. The Balaban J connectivity index is 0.00000420. The number of aliphatic imine (C=N–C) groups is 1. The standard InChI is InChI=1S/C20H34N4O3S.HI/c1-3-21-20(22-13-5-8-16-27-4-2)23-17-18-9-11-19(12-10-18)28(25,26)24-14-6-7-15-24;/h9-12H,3-8,13-17H2,1-2H3,(H2,21,22,23);1H. The van der Waals surface area contributed by atoms with E-state index in [0.29, 0.717) is 24.5 Å². The Bertz CT molecular complexity index is 705. The lowest BCUT2D eigenvalue weighted by atomic mass is 10.2. The lowest BCUT2D eigenvalue weighted by molar-refractivity contribution is 0.143. The SMILES string of the molecule is CCNC(=NCc1ccc(S(=O)(=O)N2CCCC2)cc1)NCCCCOCC.I. The zero-order chi connectivity index (χ0) is 20.2. The van der Waals surface area contributed by atoms with Crippen LogP contribution < -0.4 is 10.6 Å². The largest absolute Gasteiger partial charge is 0.382 e. The first-order valence-electron chi connectivity index (χ1n) is 10.3. The summed E-state index contributed by atoms with van der Waals surface area (Å²) in [6.45, 7) is 8.95. The molecule has 2 rings (SSSR count). The van der Waals surface area contributed by atoms with Crippen LogP contribution in [0.3, 0.4) is 0 Å². The monoisotopic (exact) mass is 538 g/mol. The van der Waals surface area contributed by atoms with E-state index in [1.165, 1.54) is 0 Å². The second kappa shape index (κ2) is 14.2. The van der Waals surface area contributed by atoms with Gasteiger partial charge in [-0.2, -0.15) is 4.31 Å². The number of sulfonamides is 1. The molecule has 1 aromatic rings. The van der Waals surface area contributed by atoms with Crippen LogP contribution in [0.25, 0.3) is 0 Å². The smallest absolute Gasteiger partial charge is 0.243 e. The first kappa shape index (κ1) is 26.1. The third-order valence-electron chi connectivity index (χ3n) is 4.60. The fraction of sp³-hybridized carbons (Fsp3) is 0.650. The fourth-order valence-electron chi connectivity index (χ4n) is 3.04. The van der Waals surface area contributed by atoms with Gasteiger partial charge in [0.1, 0.15) is 0 Å². The Morgan fingerprint density at radius 3 is 2.41 bits per heavy atom. The number of hydrogen-bond acceptors (Lipinski definition) is 4.